The molecule has 1 atom stereocenters. The van der Waals surface area contributed by atoms with Crippen LogP contribution in [0.25, 0.3) is 0 Å². The first-order valence-electron chi connectivity index (χ1n) is 10.7. The summed E-state index contributed by atoms with van der Waals surface area (Å²) in [6.45, 7) is 6.67. The lowest BCUT2D eigenvalue weighted by atomic mass is 10.1. The summed E-state index contributed by atoms with van der Waals surface area (Å²) in [5.74, 6) is 1.21. The van der Waals surface area contributed by atoms with Gasteiger partial charge in [0, 0.05) is 32.1 Å². The third-order valence-electron chi connectivity index (χ3n) is 5.09. The largest absolute Gasteiger partial charge is 0.376 e. The highest BCUT2D eigenvalue weighted by molar-refractivity contribution is 5.85. The third kappa shape index (κ3) is 7.19. The van der Waals surface area contributed by atoms with Crippen LogP contribution in [0.2, 0.25) is 0 Å². The summed E-state index contributed by atoms with van der Waals surface area (Å²) in [5, 5.41) is 6.24. The first-order chi connectivity index (χ1) is 14.7. The molecule has 6 heteroatoms. The minimum absolute atomic E-state index is 0.0730. The third-order valence-corrected chi connectivity index (χ3v) is 5.09. The van der Waals surface area contributed by atoms with Crippen molar-refractivity contribution in [2.24, 2.45) is 10.9 Å². The topological polar surface area (TPSA) is 66.0 Å². The Balaban J connectivity index is 1.42. The number of ether oxygens (including phenoxy) is 1. The van der Waals surface area contributed by atoms with E-state index in [1.54, 1.807) is 0 Å². The summed E-state index contributed by atoms with van der Waals surface area (Å²) in [5.41, 5.74) is 2.28. The molecule has 2 N–H and O–H groups in total. The van der Waals surface area contributed by atoms with Crippen molar-refractivity contribution in [1.29, 1.82) is 0 Å². The van der Waals surface area contributed by atoms with Gasteiger partial charge in [-0.1, -0.05) is 60.7 Å². The Labute approximate surface area is 179 Å². The van der Waals surface area contributed by atoms with E-state index in [1.807, 2.05) is 55.5 Å². The molecular formula is C24H32N4O2. The fourth-order valence-electron chi connectivity index (χ4n) is 3.50. The maximum Gasteiger partial charge on any atom is 0.242 e. The molecule has 2 aromatic carbocycles. The van der Waals surface area contributed by atoms with E-state index in [2.05, 4.69) is 32.7 Å². The maximum atomic E-state index is 12.2. The molecule has 0 bridgehead atoms. The second-order valence-corrected chi connectivity index (χ2v) is 7.53. The molecular weight excluding hydrogens is 376 g/mol. The van der Waals surface area contributed by atoms with E-state index < -0.39 is 0 Å². The molecule has 0 radical (unpaired) electrons. The van der Waals surface area contributed by atoms with Gasteiger partial charge in [0.2, 0.25) is 5.91 Å². The van der Waals surface area contributed by atoms with E-state index in [-0.39, 0.29) is 12.5 Å². The lowest BCUT2D eigenvalue weighted by Gasteiger charge is -2.21. The van der Waals surface area contributed by atoms with Crippen LogP contribution in [0.1, 0.15) is 24.5 Å². The van der Waals surface area contributed by atoms with Crippen LogP contribution in [0.5, 0.6) is 0 Å². The number of hydrogen-bond donors (Lipinski definition) is 2. The zero-order valence-electron chi connectivity index (χ0n) is 17.7. The van der Waals surface area contributed by atoms with Crippen LogP contribution in [0.3, 0.4) is 0 Å². The fraction of sp³-hybridized carbons (Fsp3) is 0.417. The molecule has 1 heterocycles. The Hall–Kier alpha value is -2.86. The monoisotopic (exact) mass is 408 g/mol. The molecule has 1 amide bonds. The van der Waals surface area contributed by atoms with E-state index in [1.165, 1.54) is 5.56 Å². The highest BCUT2D eigenvalue weighted by Gasteiger charge is 2.25. The Kier molecular flexibility index (Phi) is 8.72. The van der Waals surface area contributed by atoms with E-state index in [0.29, 0.717) is 19.1 Å². The zero-order valence-corrected chi connectivity index (χ0v) is 17.7. The van der Waals surface area contributed by atoms with Crippen LogP contribution in [0.15, 0.2) is 65.7 Å². The Bertz CT molecular complexity index is 795. The summed E-state index contributed by atoms with van der Waals surface area (Å²) in [4.78, 5) is 19.0. The number of likely N-dealkylation sites (tertiary alicyclic amines) is 1. The minimum Gasteiger partial charge on any atom is -0.376 e. The molecule has 3 rings (SSSR count). The van der Waals surface area contributed by atoms with Gasteiger partial charge in [-0.3, -0.25) is 4.79 Å². The number of carbonyl (C=O) groups excluding carboxylic acids is 1. The van der Waals surface area contributed by atoms with Gasteiger partial charge in [-0.25, -0.2) is 4.99 Å². The van der Waals surface area contributed by atoms with Gasteiger partial charge in [0.25, 0.3) is 0 Å². The van der Waals surface area contributed by atoms with E-state index >= 15 is 0 Å². The average Bonchev–Trinajstić information content (AvgIpc) is 3.25. The van der Waals surface area contributed by atoms with Crippen molar-refractivity contribution < 1.29 is 9.53 Å². The van der Waals surface area contributed by atoms with Crippen LogP contribution in [0, 0.1) is 5.92 Å². The van der Waals surface area contributed by atoms with E-state index in [9.17, 15) is 4.79 Å². The molecule has 1 unspecified atom stereocenters. The lowest BCUT2D eigenvalue weighted by molar-refractivity contribution is -0.119. The molecule has 160 valence electrons. The quantitative estimate of drug-likeness (QED) is 0.495. The molecule has 1 aliphatic rings. The van der Waals surface area contributed by atoms with Gasteiger partial charge in [-0.05, 0) is 24.5 Å². The van der Waals surface area contributed by atoms with Crippen LogP contribution in [-0.4, -0.2) is 49.6 Å². The van der Waals surface area contributed by atoms with Crippen molar-refractivity contribution in [3.05, 3.63) is 71.8 Å². The van der Waals surface area contributed by atoms with Crippen LogP contribution in [-0.2, 0) is 22.7 Å². The van der Waals surface area contributed by atoms with Crippen molar-refractivity contribution in [2.75, 3.05) is 32.8 Å². The Morgan fingerprint density at radius 3 is 2.47 bits per heavy atom. The second-order valence-electron chi connectivity index (χ2n) is 7.53. The minimum atomic E-state index is -0.0730. The first-order valence-corrected chi connectivity index (χ1v) is 10.7. The molecule has 6 nitrogen and oxygen atoms in total. The van der Waals surface area contributed by atoms with E-state index in [4.69, 9.17) is 4.74 Å². The van der Waals surface area contributed by atoms with Gasteiger partial charge in [-0.15, -0.1) is 0 Å². The molecule has 0 spiro atoms. The van der Waals surface area contributed by atoms with Crippen LogP contribution < -0.4 is 10.6 Å². The normalized spacial score (nSPS) is 16.5. The predicted molar refractivity (Wildman–Crippen MR) is 120 cm³/mol. The number of amides is 1. The van der Waals surface area contributed by atoms with Gasteiger partial charge >= 0.3 is 0 Å². The zero-order chi connectivity index (χ0) is 21.0. The number of rotatable bonds is 9. The molecule has 1 aliphatic heterocycles. The SMILES string of the molecule is CCNC(=NCC(=O)NCc1ccccc1)N1CCC(COCc2ccccc2)C1. The molecule has 0 saturated carbocycles. The smallest absolute Gasteiger partial charge is 0.242 e. The lowest BCUT2D eigenvalue weighted by Crippen LogP contribution is -2.41. The van der Waals surface area contributed by atoms with Gasteiger partial charge in [0.15, 0.2) is 5.96 Å². The van der Waals surface area contributed by atoms with Crippen LogP contribution in [0.4, 0.5) is 0 Å². The average molecular weight is 409 g/mol. The number of benzene rings is 2. The summed E-state index contributed by atoms with van der Waals surface area (Å²) < 4.78 is 5.91. The molecule has 1 saturated heterocycles. The molecule has 1 fully saturated rings. The standard InChI is InChI=1S/C24H32N4O2/c1-2-25-24(27-16-23(29)26-15-20-9-5-3-6-10-20)28-14-13-22(17-28)19-30-18-21-11-7-4-8-12-21/h3-12,22H,2,13-19H2,1H3,(H,25,27)(H,26,29). The number of carbonyl (C=O) groups is 1. The van der Waals surface area contributed by atoms with Crippen molar-refractivity contribution in [2.45, 2.75) is 26.5 Å². The van der Waals surface area contributed by atoms with Gasteiger partial charge in [-0.2, -0.15) is 0 Å². The van der Waals surface area contributed by atoms with Gasteiger partial charge in [0.1, 0.15) is 6.54 Å². The maximum absolute atomic E-state index is 12.2. The number of hydrogen-bond acceptors (Lipinski definition) is 3. The fourth-order valence-corrected chi connectivity index (χ4v) is 3.50. The first kappa shape index (κ1) is 21.8. The van der Waals surface area contributed by atoms with Crippen LogP contribution >= 0.6 is 0 Å². The summed E-state index contributed by atoms with van der Waals surface area (Å²) in [7, 11) is 0. The van der Waals surface area contributed by atoms with Gasteiger partial charge in [0.05, 0.1) is 13.2 Å². The predicted octanol–water partition coefficient (Wildman–Crippen LogP) is 2.81. The molecule has 0 aliphatic carbocycles. The number of nitrogens with one attached hydrogen (secondary N) is 2. The van der Waals surface area contributed by atoms with Crippen molar-refractivity contribution in [3.8, 4) is 0 Å². The highest BCUT2D eigenvalue weighted by atomic mass is 16.5. The highest BCUT2D eigenvalue weighted by Crippen LogP contribution is 2.17. The van der Waals surface area contributed by atoms with Crippen molar-refractivity contribution >= 4 is 11.9 Å². The molecule has 0 aromatic heterocycles. The Morgan fingerprint density at radius 2 is 1.77 bits per heavy atom. The van der Waals surface area contributed by atoms with E-state index in [0.717, 1.165) is 44.2 Å². The van der Waals surface area contributed by atoms with Crippen molar-refractivity contribution in [3.63, 3.8) is 0 Å². The summed E-state index contributed by atoms with van der Waals surface area (Å²) >= 11 is 0. The summed E-state index contributed by atoms with van der Waals surface area (Å²) in [6, 6.07) is 20.1. The summed E-state index contributed by atoms with van der Waals surface area (Å²) in [6.07, 6.45) is 1.07. The Morgan fingerprint density at radius 1 is 1.07 bits per heavy atom. The number of nitrogens with zero attached hydrogens (tertiary/aromatic N) is 2. The molecule has 2 aromatic rings. The van der Waals surface area contributed by atoms with Gasteiger partial charge < -0.3 is 20.3 Å². The second kappa shape index (κ2) is 12.0. The molecule has 30 heavy (non-hydrogen) atoms. The van der Waals surface area contributed by atoms with Crippen molar-refractivity contribution in [1.82, 2.24) is 15.5 Å². The number of guanidine groups is 1. The number of aliphatic imine (C=N–C) groups is 1.